The van der Waals surface area contributed by atoms with Gasteiger partial charge in [0.2, 0.25) is 11.8 Å². The van der Waals surface area contributed by atoms with Crippen LogP contribution < -0.4 is 16.0 Å². The number of likely N-dealkylation sites (tertiary alicyclic amines) is 1. The second kappa shape index (κ2) is 9.92. The molecule has 1 aliphatic rings. The van der Waals surface area contributed by atoms with Gasteiger partial charge in [0.15, 0.2) is 0 Å². The van der Waals surface area contributed by atoms with Crippen molar-refractivity contribution in [3.05, 3.63) is 28.2 Å². The summed E-state index contributed by atoms with van der Waals surface area (Å²) >= 11 is 11.9. The van der Waals surface area contributed by atoms with Crippen molar-refractivity contribution in [1.29, 1.82) is 0 Å². The van der Waals surface area contributed by atoms with Gasteiger partial charge in [0.1, 0.15) is 0 Å². The van der Waals surface area contributed by atoms with Crippen LogP contribution in [0.15, 0.2) is 18.2 Å². The van der Waals surface area contributed by atoms with Gasteiger partial charge in [-0.1, -0.05) is 37.0 Å². The zero-order chi connectivity index (χ0) is 20.0. The molecule has 0 radical (unpaired) electrons. The summed E-state index contributed by atoms with van der Waals surface area (Å²) in [6.07, 6.45) is 1.42. The van der Waals surface area contributed by atoms with E-state index in [9.17, 15) is 14.4 Å². The summed E-state index contributed by atoms with van der Waals surface area (Å²) < 4.78 is 0. The maximum atomic E-state index is 12.6. The van der Waals surface area contributed by atoms with Gasteiger partial charge in [0.05, 0.1) is 23.3 Å². The van der Waals surface area contributed by atoms with E-state index in [4.69, 9.17) is 23.2 Å². The first kappa shape index (κ1) is 21.5. The number of nitrogens with zero attached hydrogens (tertiary/aromatic N) is 1. The zero-order valence-electron chi connectivity index (χ0n) is 15.4. The molecule has 1 atom stereocenters. The van der Waals surface area contributed by atoms with Crippen LogP contribution in [0, 0.1) is 5.92 Å². The molecule has 0 saturated carbocycles. The number of hydrogen-bond acceptors (Lipinski definition) is 4. The Kier molecular flexibility index (Phi) is 7.89. The van der Waals surface area contributed by atoms with E-state index in [1.165, 1.54) is 0 Å². The zero-order valence-corrected chi connectivity index (χ0v) is 16.9. The highest BCUT2D eigenvalue weighted by molar-refractivity contribution is 6.36. The number of carbonyl (C=O) groups is 3. The number of halogens is 2. The molecule has 0 aliphatic carbocycles. The van der Waals surface area contributed by atoms with Gasteiger partial charge in [-0.25, -0.2) is 4.79 Å². The lowest BCUT2D eigenvalue weighted by molar-refractivity contribution is -0.124. The molecule has 0 unspecified atom stereocenters. The fraction of sp³-hybridized carbons (Fsp3) is 0.500. The average Bonchev–Trinajstić information content (AvgIpc) is 3.03. The minimum Gasteiger partial charge on any atom is -0.338 e. The summed E-state index contributed by atoms with van der Waals surface area (Å²) in [4.78, 5) is 38.1. The number of benzene rings is 1. The molecule has 1 aromatic carbocycles. The minimum atomic E-state index is -0.526. The minimum absolute atomic E-state index is 0.0263. The molecule has 1 saturated heterocycles. The third-order valence-electron chi connectivity index (χ3n) is 4.13. The lowest BCUT2D eigenvalue weighted by Crippen LogP contribution is -2.48. The standard InChI is InChI=1S/C18H24Cl2N4O3/c1-11(2)9-21-18(27)23-16(25)10-24-7-3-4-15(24)17(26)22-14-6-5-12(19)8-13(14)20/h5-6,8,11,15H,3-4,7,9-10H2,1-2H3,(H,22,26)(H2,21,23,25,27)/t15-/m1/s1. The number of urea groups is 1. The van der Waals surface area contributed by atoms with Crippen LogP contribution in [0.3, 0.4) is 0 Å². The normalized spacial score (nSPS) is 17.0. The van der Waals surface area contributed by atoms with Gasteiger partial charge in [0.25, 0.3) is 0 Å². The molecule has 0 bridgehead atoms. The number of hydrogen-bond donors (Lipinski definition) is 3. The number of nitrogens with one attached hydrogen (secondary N) is 3. The molecule has 27 heavy (non-hydrogen) atoms. The molecule has 1 fully saturated rings. The summed E-state index contributed by atoms with van der Waals surface area (Å²) in [6, 6.07) is 3.84. The summed E-state index contributed by atoms with van der Waals surface area (Å²) in [5.74, 6) is -0.397. The monoisotopic (exact) mass is 414 g/mol. The lowest BCUT2D eigenvalue weighted by Gasteiger charge is -2.23. The molecular formula is C18H24Cl2N4O3. The lowest BCUT2D eigenvalue weighted by atomic mass is 10.2. The van der Waals surface area contributed by atoms with Crippen molar-refractivity contribution in [2.24, 2.45) is 5.92 Å². The maximum absolute atomic E-state index is 12.6. The van der Waals surface area contributed by atoms with Gasteiger partial charge in [0, 0.05) is 11.6 Å². The van der Waals surface area contributed by atoms with Crippen LogP contribution in [0.1, 0.15) is 26.7 Å². The first-order valence-electron chi connectivity index (χ1n) is 8.84. The van der Waals surface area contributed by atoms with Gasteiger partial charge in [-0.05, 0) is 43.5 Å². The average molecular weight is 415 g/mol. The number of anilines is 1. The summed E-state index contributed by atoms with van der Waals surface area (Å²) in [5, 5.41) is 8.51. The third-order valence-corrected chi connectivity index (χ3v) is 4.67. The molecule has 3 N–H and O–H groups in total. The van der Waals surface area contributed by atoms with E-state index in [0.29, 0.717) is 35.2 Å². The predicted molar refractivity (Wildman–Crippen MR) is 106 cm³/mol. The highest BCUT2D eigenvalue weighted by Gasteiger charge is 2.32. The van der Waals surface area contributed by atoms with Crippen molar-refractivity contribution in [1.82, 2.24) is 15.5 Å². The van der Waals surface area contributed by atoms with Crippen LogP contribution in [0.5, 0.6) is 0 Å². The van der Waals surface area contributed by atoms with E-state index in [1.807, 2.05) is 13.8 Å². The topological polar surface area (TPSA) is 90.5 Å². The maximum Gasteiger partial charge on any atom is 0.321 e. The van der Waals surface area contributed by atoms with Gasteiger partial charge < -0.3 is 10.6 Å². The Morgan fingerprint density at radius 3 is 2.67 bits per heavy atom. The van der Waals surface area contributed by atoms with E-state index >= 15 is 0 Å². The van der Waals surface area contributed by atoms with E-state index in [-0.39, 0.29) is 18.4 Å². The largest absolute Gasteiger partial charge is 0.338 e. The van der Waals surface area contributed by atoms with E-state index in [1.54, 1.807) is 23.1 Å². The second-order valence-electron chi connectivity index (χ2n) is 6.89. The van der Waals surface area contributed by atoms with Crippen molar-refractivity contribution in [3.63, 3.8) is 0 Å². The first-order chi connectivity index (χ1) is 12.8. The molecule has 4 amide bonds. The molecule has 7 nitrogen and oxygen atoms in total. The van der Waals surface area contributed by atoms with Gasteiger partial charge in [-0.15, -0.1) is 0 Å². The fourth-order valence-corrected chi connectivity index (χ4v) is 3.27. The van der Waals surface area contributed by atoms with Crippen LogP contribution in [0.2, 0.25) is 10.0 Å². The molecule has 0 spiro atoms. The Bertz CT molecular complexity index is 712. The van der Waals surface area contributed by atoms with Crippen LogP contribution in [-0.4, -0.2) is 48.4 Å². The Labute approximate surface area is 168 Å². The third kappa shape index (κ3) is 6.68. The summed E-state index contributed by atoms with van der Waals surface area (Å²) in [6.45, 7) is 4.98. The Morgan fingerprint density at radius 2 is 2.00 bits per heavy atom. The molecule has 1 heterocycles. The summed E-state index contributed by atoms with van der Waals surface area (Å²) in [7, 11) is 0. The van der Waals surface area contributed by atoms with E-state index in [2.05, 4.69) is 16.0 Å². The molecule has 9 heteroatoms. The molecule has 1 aliphatic heterocycles. The quantitative estimate of drug-likeness (QED) is 0.667. The second-order valence-corrected chi connectivity index (χ2v) is 7.74. The van der Waals surface area contributed by atoms with E-state index < -0.39 is 18.0 Å². The molecule has 0 aromatic heterocycles. The van der Waals surface area contributed by atoms with Crippen molar-refractivity contribution in [3.8, 4) is 0 Å². The van der Waals surface area contributed by atoms with Crippen molar-refractivity contribution in [2.75, 3.05) is 25.0 Å². The SMILES string of the molecule is CC(C)CNC(=O)NC(=O)CN1CCC[C@@H]1C(=O)Nc1ccc(Cl)cc1Cl. The van der Waals surface area contributed by atoms with E-state index in [0.717, 1.165) is 6.42 Å². The molecular weight excluding hydrogens is 391 g/mol. The fourth-order valence-electron chi connectivity index (χ4n) is 2.81. The smallest absolute Gasteiger partial charge is 0.321 e. The highest BCUT2D eigenvalue weighted by atomic mass is 35.5. The first-order valence-corrected chi connectivity index (χ1v) is 9.59. The van der Waals surface area contributed by atoms with Gasteiger partial charge >= 0.3 is 6.03 Å². The number of carbonyl (C=O) groups excluding carboxylic acids is 3. The number of amides is 4. The Balaban J connectivity index is 1.89. The van der Waals surface area contributed by atoms with Crippen LogP contribution >= 0.6 is 23.2 Å². The van der Waals surface area contributed by atoms with Crippen molar-refractivity contribution in [2.45, 2.75) is 32.7 Å². The molecule has 1 aromatic rings. The Morgan fingerprint density at radius 1 is 1.26 bits per heavy atom. The van der Waals surface area contributed by atoms with Gasteiger partial charge in [-0.3, -0.25) is 19.8 Å². The summed E-state index contributed by atoms with van der Waals surface area (Å²) in [5.41, 5.74) is 0.468. The Hall–Kier alpha value is -1.83. The molecule has 2 rings (SSSR count). The number of imide groups is 1. The number of rotatable bonds is 6. The van der Waals surface area contributed by atoms with Gasteiger partial charge in [-0.2, -0.15) is 0 Å². The van der Waals surface area contributed by atoms with Crippen molar-refractivity contribution >= 4 is 46.7 Å². The van der Waals surface area contributed by atoms with Crippen LogP contribution in [-0.2, 0) is 9.59 Å². The highest BCUT2D eigenvalue weighted by Crippen LogP contribution is 2.26. The molecule has 148 valence electrons. The van der Waals surface area contributed by atoms with Crippen molar-refractivity contribution < 1.29 is 14.4 Å². The van der Waals surface area contributed by atoms with Crippen LogP contribution in [0.25, 0.3) is 0 Å². The predicted octanol–water partition coefficient (Wildman–Crippen LogP) is 2.88. The van der Waals surface area contributed by atoms with Crippen LogP contribution in [0.4, 0.5) is 10.5 Å².